The Kier molecular flexibility index (Phi) is 3.71. The van der Waals surface area contributed by atoms with Gasteiger partial charge in [0, 0.05) is 6.04 Å². The van der Waals surface area contributed by atoms with Gasteiger partial charge in [-0.2, -0.15) is 17.0 Å². The van der Waals surface area contributed by atoms with E-state index in [1.54, 1.807) is 0 Å². The molecule has 1 saturated heterocycles. The summed E-state index contributed by atoms with van der Waals surface area (Å²) in [6, 6.07) is 8.43. The molecule has 0 amide bonds. The Bertz CT molecular complexity index is 660. The van der Waals surface area contributed by atoms with Crippen molar-refractivity contribution in [3.8, 4) is 6.07 Å². The Morgan fingerprint density at radius 3 is 2.90 bits per heavy atom. The van der Waals surface area contributed by atoms with E-state index in [0.717, 1.165) is 11.0 Å². The standard InChI is InChI=1S/C16H19N3S/c1-11(2)19-14-7-6-12(10-17)9-13(14)18-16(19)15-5-3-4-8-20-15/h6-7,9,11,15H,3-5,8H2,1-2H3. The summed E-state index contributed by atoms with van der Waals surface area (Å²) in [7, 11) is 0. The van der Waals surface area contributed by atoms with Crippen LogP contribution >= 0.6 is 11.8 Å². The van der Waals surface area contributed by atoms with Crippen LogP contribution in [0, 0.1) is 11.3 Å². The zero-order chi connectivity index (χ0) is 14.1. The molecule has 3 nitrogen and oxygen atoms in total. The highest BCUT2D eigenvalue weighted by atomic mass is 32.2. The summed E-state index contributed by atoms with van der Waals surface area (Å²) in [6.45, 7) is 4.41. The Morgan fingerprint density at radius 2 is 2.25 bits per heavy atom. The summed E-state index contributed by atoms with van der Waals surface area (Å²) in [6.07, 6.45) is 3.83. The third kappa shape index (κ3) is 2.31. The van der Waals surface area contributed by atoms with Gasteiger partial charge >= 0.3 is 0 Å². The van der Waals surface area contributed by atoms with Gasteiger partial charge in [0.2, 0.25) is 0 Å². The average molecular weight is 285 g/mol. The number of hydrogen-bond donors (Lipinski definition) is 0. The number of fused-ring (bicyclic) bond motifs is 1. The van der Waals surface area contributed by atoms with E-state index in [1.165, 1.54) is 30.8 Å². The molecule has 1 aromatic heterocycles. The molecule has 1 fully saturated rings. The van der Waals surface area contributed by atoms with Crippen LogP contribution in [0.25, 0.3) is 11.0 Å². The normalized spacial score (nSPS) is 19.4. The average Bonchev–Trinajstić information content (AvgIpc) is 2.86. The maximum absolute atomic E-state index is 9.04. The molecule has 1 unspecified atom stereocenters. The number of aromatic nitrogens is 2. The molecule has 0 spiro atoms. The van der Waals surface area contributed by atoms with Crippen LogP contribution in [-0.2, 0) is 0 Å². The molecular formula is C16H19N3S. The van der Waals surface area contributed by atoms with Gasteiger partial charge in [-0.25, -0.2) is 4.98 Å². The predicted molar refractivity (Wildman–Crippen MR) is 83.9 cm³/mol. The molecule has 1 aromatic carbocycles. The van der Waals surface area contributed by atoms with E-state index in [1.807, 2.05) is 30.0 Å². The lowest BCUT2D eigenvalue weighted by Crippen LogP contribution is -2.12. The minimum Gasteiger partial charge on any atom is -0.324 e. The summed E-state index contributed by atoms with van der Waals surface area (Å²) in [5, 5.41) is 9.55. The van der Waals surface area contributed by atoms with Crippen LogP contribution in [0.1, 0.15) is 55.8 Å². The zero-order valence-electron chi connectivity index (χ0n) is 12.0. The number of nitriles is 1. The molecule has 3 rings (SSSR count). The molecule has 2 aromatic rings. The van der Waals surface area contributed by atoms with E-state index in [-0.39, 0.29) is 0 Å². The number of thioether (sulfide) groups is 1. The van der Waals surface area contributed by atoms with E-state index in [2.05, 4.69) is 24.5 Å². The Balaban J connectivity index is 2.14. The van der Waals surface area contributed by atoms with Gasteiger partial charge in [0.25, 0.3) is 0 Å². The van der Waals surface area contributed by atoms with E-state index < -0.39 is 0 Å². The van der Waals surface area contributed by atoms with Crippen LogP contribution in [0.15, 0.2) is 18.2 Å². The molecule has 20 heavy (non-hydrogen) atoms. The van der Waals surface area contributed by atoms with E-state index in [4.69, 9.17) is 10.2 Å². The fraction of sp³-hybridized carbons (Fsp3) is 0.500. The maximum Gasteiger partial charge on any atom is 0.123 e. The SMILES string of the molecule is CC(C)n1c(C2CCCCS2)nc2cc(C#N)ccc21. The molecule has 2 heterocycles. The molecule has 0 aliphatic carbocycles. The highest BCUT2D eigenvalue weighted by molar-refractivity contribution is 7.99. The van der Waals surface area contributed by atoms with Gasteiger partial charge in [-0.15, -0.1) is 0 Å². The van der Waals surface area contributed by atoms with Gasteiger partial charge in [-0.05, 0) is 50.6 Å². The fourth-order valence-electron chi connectivity index (χ4n) is 2.90. The molecular weight excluding hydrogens is 266 g/mol. The lowest BCUT2D eigenvalue weighted by atomic mass is 10.1. The van der Waals surface area contributed by atoms with Crippen LogP contribution < -0.4 is 0 Å². The smallest absolute Gasteiger partial charge is 0.123 e. The molecule has 1 aliphatic heterocycles. The number of hydrogen-bond acceptors (Lipinski definition) is 3. The maximum atomic E-state index is 9.04. The topological polar surface area (TPSA) is 41.6 Å². The lowest BCUT2D eigenvalue weighted by molar-refractivity contribution is 0.559. The summed E-state index contributed by atoms with van der Waals surface area (Å²) in [5.74, 6) is 2.42. The van der Waals surface area contributed by atoms with Crippen molar-refractivity contribution >= 4 is 22.8 Å². The monoisotopic (exact) mass is 285 g/mol. The highest BCUT2D eigenvalue weighted by Crippen LogP contribution is 2.40. The van der Waals surface area contributed by atoms with Crippen LogP contribution in [0.5, 0.6) is 0 Å². The fourth-order valence-corrected chi connectivity index (χ4v) is 4.21. The second kappa shape index (κ2) is 5.49. The summed E-state index contributed by atoms with van der Waals surface area (Å²) in [5.41, 5.74) is 2.80. The van der Waals surface area contributed by atoms with Crippen molar-refractivity contribution in [1.29, 1.82) is 5.26 Å². The largest absolute Gasteiger partial charge is 0.324 e. The lowest BCUT2D eigenvalue weighted by Gasteiger charge is -2.23. The number of imidazole rings is 1. The minimum atomic E-state index is 0.394. The van der Waals surface area contributed by atoms with Crippen LogP contribution in [0.4, 0.5) is 0 Å². The van der Waals surface area contributed by atoms with E-state index in [0.29, 0.717) is 16.9 Å². The molecule has 4 heteroatoms. The van der Waals surface area contributed by atoms with Crippen LogP contribution in [0.3, 0.4) is 0 Å². The number of rotatable bonds is 2. The molecule has 0 N–H and O–H groups in total. The van der Waals surface area contributed by atoms with Crippen molar-refractivity contribution in [3.63, 3.8) is 0 Å². The van der Waals surface area contributed by atoms with Gasteiger partial charge in [0.05, 0.1) is 27.9 Å². The first-order valence-electron chi connectivity index (χ1n) is 7.24. The van der Waals surface area contributed by atoms with Crippen molar-refractivity contribution in [2.45, 2.75) is 44.4 Å². The summed E-state index contributed by atoms with van der Waals surface area (Å²) in [4.78, 5) is 4.86. The van der Waals surface area contributed by atoms with Crippen molar-refractivity contribution < 1.29 is 0 Å². The number of benzene rings is 1. The first-order chi connectivity index (χ1) is 9.70. The molecule has 1 atom stereocenters. The molecule has 0 saturated carbocycles. The van der Waals surface area contributed by atoms with Gasteiger partial charge in [0.15, 0.2) is 0 Å². The van der Waals surface area contributed by atoms with Gasteiger partial charge in [-0.3, -0.25) is 0 Å². The summed E-state index contributed by atoms with van der Waals surface area (Å²) < 4.78 is 2.35. The quantitative estimate of drug-likeness (QED) is 0.818. The Morgan fingerprint density at radius 1 is 1.40 bits per heavy atom. The zero-order valence-corrected chi connectivity index (χ0v) is 12.8. The van der Waals surface area contributed by atoms with E-state index in [9.17, 15) is 0 Å². The van der Waals surface area contributed by atoms with Crippen LogP contribution in [0.2, 0.25) is 0 Å². The molecule has 1 aliphatic rings. The Hall–Kier alpha value is -1.47. The van der Waals surface area contributed by atoms with Gasteiger partial charge in [0.1, 0.15) is 5.82 Å². The summed E-state index contributed by atoms with van der Waals surface area (Å²) >= 11 is 2.02. The van der Waals surface area contributed by atoms with E-state index >= 15 is 0 Å². The second-order valence-electron chi connectivity index (χ2n) is 5.60. The van der Waals surface area contributed by atoms with Crippen molar-refractivity contribution in [1.82, 2.24) is 9.55 Å². The second-order valence-corrected chi connectivity index (χ2v) is 6.91. The molecule has 0 bridgehead atoms. The minimum absolute atomic E-state index is 0.394. The van der Waals surface area contributed by atoms with Gasteiger partial charge in [-0.1, -0.05) is 6.42 Å². The van der Waals surface area contributed by atoms with Gasteiger partial charge < -0.3 is 4.57 Å². The van der Waals surface area contributed by atoms with Crippen molar-refractivity contribution in [2.24, 2.45) is 0 Å². The first-order valence-corrected chi connectivity index (χ1v) is 8.29. The third-order valence-electron chi connectivity index (χ3n) is 3.83. The van der Waals surface area contributed by atoms with Crippen molar-refractivity contribution in [3.05, 3.63) is 29.6 Å². The van der Waals surface area contributed by atoms with Crippen LogP contribution in [-0.4, -0.2) is 15.3 Å². The highest BCUT2D eigenvalue weighted by Gasteiger charge is 2.24. The molecule has 104 valence electrons. The third-order valence-corrected chi connectivity index (χ3v) is 5.20. The Labute approximate surface area is 124 Å². The number of nitrogens with zero attached hydrogens (tertiary/aromatic N) is 3. The van der Waals surface area contributed by atoms with Crippen molar-refractivity contribution in [2.75, 3.05) is 5.75 Å². The molecule has 0 radical (unpaired) electrons. The predicted octanol–water partition coefficient (Wildman–Crippen LogP) is 4.45. The first kappa shape index (κ1) is 13.5.